The zero-order valence-electron chi connectivity index (χ0n) is 27.7. The summed E-state index contributed by atoms with van der Waals surface area (Å²) in [6.07, 6.45) is 5.10. The van der Waals surface area contributed by atoms with Crippen molar-refractivity contribution in [3.05, 3.63) is 50.7 Å². The van der Waals surface area contributed by atoms with E-state index in [2.05, 4.69) is 30.6 Å². The Kier molecular flexibility index (Phi) is 13.3. The molecule has 2 N–H and O–H groups in total. The van der Waals surface area contributed by atoms with E-state index in [0.717, 1.165) is 38.4 Å². The molecule has 1 aliphatic rings. The van der Waals surface area contributed by atoms with Crippen LogP contribution in [0.2, 0.25) is 0 Å². The molecule has 0 aliphatic carbocycles. The summed E-state index contributed by atoms with van der Waals surface area (Å²) in [6, 6.07) is 4.59. The Hall–Kier alpha value is -2.93. The van der Waals surface area contributed by atoms with Crippen LogP contribution < -0.4 is 15.9 Å². The van der Waals surface area contributed by atoms with Gasteiger partial charge in [0.25, 0.3) is 5.56 Å². The minimum atomic E-state index is -3.98. The third-order valence-electron chi connectivity index (χ3n) is 8.27. The van der Waals surface area contributed by atoms with E-state index in [-0.39, 0.29) is 47.3 Å². The van der Waals surface area contributed by atoms with Gasteiger partial charge in [0.05, 0.1) is 36.3 Å². The van der Waals surface area contributed by atoms with E-state index in [9.17, 15) is 23.6 Å². The van der Waals surface area contributed by atoms with Gasteiger partial charge < -0.3 is 29.5 Å². The first-order chi connectivity index (χ1) is 22.5. The number of nitrogens with zero attached hydrogens (tertiary/aromatic N) is 4. The number of nitrogens with one attached hydrogen (secondary N) is 2. The summed E-state index contributed by atoms with van der Waals surface area (Å²) in [6.45, 7) is 9.44. The lowest BCUT2D eigenvalue weighted by molar-refractivity contribution is -0.356. The van der Waals surface area contributed by atoms with E-state index in [1.165, 1.54) is 22.1 Å². The Balaban J connectivity index is 1.67. The molecule has 1 aromatic carbocycles. The van der Waals surface area contributed by atoms with Gasteiger partial charge in [-0.2, -0.15) is 4.31 Å². The van der Waals surface area contributed by atoms with Gasteiger partial charge in [-0.25, -0.2) is 13.4 Å². The number of fused-ring (bicyclic) bond motifs is 1. The molecule has 1 saturated heterocycles. The Morgan fingerprint density at radius 3 is 2.57 bits per heavy atom. The number of aromatic nitrogens is 3. The maximum atomic E-state index is 13.9. The number of hydrogen-bond donors (Lipinski definition) is 2. The van der Waals surface area contributed by atoms with E-state index < -0.39 is 16.1 Å². The van der Waals surface area contributed by atoms with Gasteiger partial charge in [-0.15, -0.1) is 5.39 Å². The summed E-state index contributed by atoms with van der Waals surface area (Å²) in [7, 11) is -2.85. The number of ether oxygens (including phenoxy) is 1. The van der Waals surface area contributed by atoms with E-state index in [4.69, 9.17) is 19.4 Å². The Morgan fingerprint density at radius 2 is 1.94 bits per heavy atom. The van der Waals surface area contributed by atoms with Crippen LogP contribution in [0.5, 0.6) is 5.75 Å². The number of sulfonamides is 1. The molecular weight excluding hydrogens is 632 g/mol. The number of hydrogen-bond acceptors (Lipinski definition) is 12. The quantitative estimate of drug-likeness (QED) is 0.182. The Morgan fingerprint density at radius 1 is 1.19 bits per heavy atom. The lowest BCUT2D eigenvalue weighted by atomic mass is 9.92. The van der Waals surface area contributed by atoms with E-state index in [1.54, 1.807) is 6.07 Å². The second kappa shape index (κ2) is 16.9. The van der Waals surface area contributed by atoms with Gasteiger partial charge in [-0.3, -0.25) is 20.1 Å². The highest BCUT2D eigenvalue weighted by Gasteiger charge is 2.34. The average molecular weight is 679 g/mol. The van der Waals surface area contributed by atoms with Crippen LogP contribution in [0, 0.1) is 22.3 Å². The summed E-state index contributed by atoms with van der Waals surface area (Å²) >= 11 is 0. The van der Waals surface area contributed by atoms with Gasteiger partial charge in [0.2, 0.25) is 10.0 Å². The Bertz CT molecular complexity index is 1620. The van der Waals surface area contributed by atoms with Gasteiger partial charge in [-0.05, 0) is 67.7 Å². The van der Waals surface area contributed by atoms with E-state index in [0.29, 0.717) is 54.3 Å². The van der Waals surface area contributed by atoms with Crippen LogP contribution in [0.15, 0.2) is 34.1 Å². The van der Waals surface area contributed by atoms with Crippen molar-refractivity contribution in [2.75, 3.05) is 33.4 Å². The van der Waals surface area contributed by atoms with Crippen molar-refractivity contribution in [2.24, 2.45) is 11.8 Å². The van der Waals surface area contributed by atoms with Crippen LogP contribution >= 0.6 is 0 Å². The van der Waals surface area contributed by atoms with Gasteiger partial charge in [0, 0.05) is 25.8 Å². The molecule has 47 heavy (non-hydrogen) atoms. The molecule has 0 unspecified atom stereocenters. The molecule has 0 amide bonds. The summed E-state index contributed by atoms with van der Waals surface area (Å²) in [5, 5.41) is 22.2. The molecule has 16 heteroatoms. The van der Waals surface area contributed by atoms with Crippen molar-refractivity contribution >= 4 is 21.1 Å². The summed E-state index contributed by atoms with van der Waals surface area (Å²) in [5.74, 6) is 0.824. The first kappa shape index (κ1) is 36.9. The third kappa shape index (κ3) is 8.95. The summed E-state index contributed by atoms with van der Waals surface area (Å²) < 4.78 is 37.2. The fourth-order valence-electron chi connectivity index (χ4n) is 5.78. The predicted molar refractivity (Wildman–Crippen MR) is 176 cm³/mol. The maximum Gasteiger partial charge on any atom is 0.275 e. The number of H-pyrrole nitrogens is 1. The van der Waals surface area contributed by atoms with E-state index >= 15 is 0 Å². The predicted octanol–water partition coefficient (Wildman–Crippen LogP) is 4.26. The molecular formula is C31H46N6O9S-2. The van der Waals surface area contributed by atoms with Gasteiger partial charge in [0.15, 0.2) is 0 Å². The second-order valence-corrected chi connectivity index (χ2v) is 14.0. The van der Waals surface area contributed by atoms with Gasteiger partial charge in [-0.1, -0.05) is 34.1 Å². The average Bonchev–Trinajstić information content (AvgIpc) is 3.42. The SMILES string of the molecule is CCCOc1ccc(S(=O)(=O)N2CCC([C@@H](CON[O-])ON([O-])OC)CC2)cc1-c1nc2c(CCC)cn(CCC(C)C)c2c(=O)[nH]1. The van der Waals surface area contributed by atoms with Crippen LogP contribution in [0.1, 0.15) is 65.4 Å². The molecule has 1 aliphatic heterocycles. The molecule has 0 bridgehead atoms. The van der Waals surface area contributed by atoms with Crippen LogP contribution in [-0.4, -0.2) is 72.2 Å². The van der Waals surface area contributed by atoms with Crippen LogP contribution in [-0.2, 0) is 37.5 Å². The minimum absolute atomic E-state index is 0.0256. The molecule has 1 atom stereocenters. The molecule has 3 aromatic rings. The normalized spacial score (nSPS) is 15.7. The largest absolute Gasteiger partial charge is 0.765 e. The fourth-order valence-corrected chi connectivity index (χ4v) is 7.27. The second-order valence-electron chi connectivity index (χ2n) is 12.1. The zero-order chi connectivity index (χ0) is 34.1. The molecule has 15 nitrogen and oxygen atoms in total. The first-order valence-electron chi connectivity index (χ1n) is 16.1. The number of piperidine rings is 1. The smallest absolute Gasteiger partial charge is 0.275 e. The highest BCUT2D eigenvalue weighted by molar-refractivity contribution is 7.89. The first-order valence-corrected chi connectivity index (χ1v) is 17.5. The highest BCUT2D eigenvalue weighted by atomic mass is 32.2. The lowest BCUT2D eigenvalue weighted by Gasteiger charge is -2.37. The molecule has 1 fully saturated rings. The maximum absolute atomic E-state index is 13.9. The lowest BCUT2D eigenvalue weighted by Crippen LogP contribution is -2.44. The minimum Gasteiger partial charge on any atom is -0.765 e. The number of rotatable bonds is 18. The molecule has 3 heterocycles. The van der Waals surface area contributed by atoms with Crippen molar-refractivity contribution in [3.63, 3.8) is 0 Å². The van der Waals surface area contributed by atoms with Crippen LogP contribution in [0.4, 0.5) is 0 Å². The molecule has 0 spiro atoms. The van der Waals surface area contributed by atoms with Gasteiger partial charge in [0.1, 0.15) is 23.2 Å². The molecule has 262 valence electrons. The van der Waals surface area contributed by atoms with Crippen molar-refractivity contribution in [1.82, 2.24) is 29.9 Å². The Labute approximate surface area is 275 Å². The summed E-state index contributed by atoms with van der Waals surface area (Å²) in [4.78, 5) is 35.8. The molecule has 0 radical (unpaired) electrons. The van der Waals surface area contributed by atoms with Crippen LogP contribution in [0.25, 0.3) is 22.4 Å². The third-order valence-corrected chi connectivity index (χ3v) is 10.2. The van der Waals surface area contributed by atoms with Gasteiger partial charge >= 0.3 is 0 Å². The molecule has 4 rings (SSSR count). The summed E-state index contributed by atoms with van der Waals surface area (Å²) in [5.41, 5.74) is 3.46. The number of aromatic amines is 1. The monoisotopic (exact) mass is 678 g/mol. The van der Waals surface area contributed by atoms with Crippen LogP contribution in [0.3, 0.4) is 0 Å². The molecule has 2 aromatic heterocycles. The van der Waals surface area contributed by atoms with Crippen molar-refractivity contribution < 1.29 is 27.7 Å². The standard InChI is InChI=1S/C31H46N6O9S/c1-6-8-23-19-35(14-11-21(3)4)29-28(23)32-30(33-31(29)38)25-18-24(9-10-26(25)44-17-7-2)47(41,42)36-15-12-22(13-16-36)27(20-45-34-39)46-37(40)43-5/h9-10,18-19,21-22,27,34H,6-8,11-17,20H2,1-5H3,(H,32,33,38)/q-2/t27-/m1/s1. The van der Waals surface area contributed by atoms with E-state index in [1.807, 2.05) is 17.7 Å². The number of benzene rings is 1. The topological polar surface area (TPSA) is 186 Å². The van der Waals surface area contributed by atoms with Crippen molar-refractivity contribution in [1.29, 1.82) is 0 Å². The highest BCUT2D eigenvalue weighted by Crippen LogP contribution is 2.34. The zero-order valence-corrected chi connectivity index (χ0v) is 28.5. The molecule has 0 saturated carbocycles. The van der Waals surface area contributed by atoms with Crippen molar-refractivity contribution in [2.45, 2.75) is 83.8 Å². The fraction of sp³-hybridized carbons (Fsp3) is 0.613. The van der Waals surface area contributed by atoms with Crippen molar-refractivity contribution in [3.8, 4) is 17.1 Å². The number of aryl methyl sites for hydroxylation is 2.